The molecule has 1 atom stereocenters. The number of piperazine rings is 1. The lowest BCUT2D eigenvalue weighted by Gasteiger charge is -2.33. The topological polar surface area (TPSA) is 15.3 Å². The van der Waals surface area contributed by atoms with E-state index >= 15 is 0 Å². The molecule has 0 spiro atoms. The molecule has 2 nitrogen and oxygen atoms in total. The summed E-state index contributed by atoms with van der Waals surface area (Å²) in [5.41, 5.74) is 0.774. The van der Waals surface area contributed by atoms with Crippen molar-refractivity contribution in [2.75, 3.05) is 26.2 Å². The van der Waals surface area contributed by atoms with Gasteiger partial charge in [-0.3, -0.25) is 4.90 Å². The van der Waals surface area contributed by atoms with Crippen molar-refractivity contribution in [3.8, 4) is 0 Å². The Balaban J connectivity index is 2.18. The third kappa shape index (κ3) is 2.62. The van der Waals surface area contributed by atoms with Gasteiger partial charge in [-0.1, -0.05) is 15.9 Å². The van der Waals surface area contributed by atoms with Crippen molar-refractivity contribution in [2.24, 2.45) is 0 Å². The third-order valence-electron chi connectivity index (χ3n) is 3.11. The van der Waals surface area contributed by atoms with Crippen LogP contribution in [-0.2, 0) is 0 Å². The van der Waals surface area contributed by atoms with Crippen LogP contribution in [0.4, 0.5) is 4.39 Å². The smallest absolute Gasteiger partial charge is 0.128 e. The second-order valence-electron chi connectivity index (χ2n) is 4.13. The lowest BCUT2D eigenvalue weighted by Crippen LogP contribution is -2.44. The van der Waals surface area contributed by atoms with Crippen LogP contribution < -0.4 is 5.32 Å². The summed E-state index contributed by atoms with van der Waals surface area (Å²) in [5.74, 6) is -0.116. The molecule has 4 heteroatoms. The van der Waals surface area contributed by atoms with Gasteiger partial charge in [-0.05, 0) is 25.1 Å². The number of hydrogen-bond acceptors (Lipinski definition) is 2. The molecule has 2 rings (SSSR count). The van der Waals surface area contributed by atoms with Gasteiger partial charge < -0.3 is 5.32 Å². The first-order valence-corrected chi connectivity index (χ1v) is 6.37. The number of nitrogens with one attached hydrogen (secondary N) is 1. The average molecular weight is 287 g/mol. The molecule has 0 aliphatic carbocycles. The largest absolute Gasteiger partial charge is 0.314 e. The number of hydrogen-bond donors (Lipinski definition) is 1. The first kappa shape index (κ1) is 12.0. The van der Waals surface area contributed by atoms with Gasteiger partial charge in [0.2, 0.25) is 0 Å². The van der Waals surface area contributed by atoms with E-state index in [4.69, 9.17) is 0 Å². The molecule has 1 fully saturated rings. The van der Waals surface area contributed by atoms with E-state index in [1.807, 2.05) is 6.07 Å². The van der Waals surface area contributed by atoms with Crippen molar-refractivity contribution >= 4 is 15.9 Å². The molecule has 1 saturated heterocycles. The Bertz CT molecular complexity index is 364. The Hall–Kier alpha value is -0.450. The van der Waals surface area contributed by atoms with Gasteiger partial charge in [0.25, 0.3) is 0 Å². The van der Waals surface area contributed by atoms with E-state index in [9.17, 15) is 4.39 Å². The lowest BCUT2D eigenvalue weighted by molar-refractivity contribution is 0.182. The number of halogens is 2. The second kappa shape index (κ2) is 5.25. The van der Waals surface area contributed by atoms with Gasteiger partial charge in [0.15, 0.2) is 0 Å². The van der Waals surface area contributed by atoms with E-state index in [2.05, 4.69) is 33.1 Å². The summed E-state index contributed by atoms with van der Waals surface area (Å²) in [6, 6.07) is 5.28. The molecule has 0 bridgehead atoms. The minimum Gasteiger partial charge on any atom is -0.314 e. The maximum Gasteiger partial charge on any atom is 0.128 e. The Labute approximate surface area is 104 Å². The van der Waals surface area contributed by atoms with E-state index in [1.165, 1.54) is 6.07 Å². The molecule has 1 aliphatic rings. The minimum absolute atomic E-state index is 0.116. The maximum absolute atomic E-state index is 13.7. The van der Waals surface area contributed by atoms with Gasteiger partial charge in [0.1, 0.15) is 5.82 Å². The molecule has 1 heterocycles. The van der Waals surface area contributed by atoms with Crippen LogP contribution in [0.5, 0.6) is 0 Å². The molecule has 1 aliphatic heterocycles. The third-order valence-corrected chi connectivity index (χ3v) is 3.60. The predicted molar refractivity (Wildman–Crippen MR) is 67.0 cm³/mol. The molecule has 16 heavy (non-hydrogen) atoms. The molecular weight excluding hydrogens is 271 g/mol. The summed E-state index contributed by atoms with van der Waals surface area (Å²) < 4.78 is 14.6. The first-order chi connectivity index (χ1) is 7.68. The Morgan fingerprint density at radius 1 is 1.38 bits per heavy atom. The summed E-state index contributed by atoms with van der Waals surface area (Å²) in [5, 5.41) is 3.30. The van der Waals surface area contributed by atoms with E-state index in [0.29, 0.717) is 0 Å². The Morgan fingerprint density at radius 3 is 2.75 bits per heavy atom. The van der Waals surface area contributed by atoms with Crippen molar-refractivity contribution in [3.05, 3.63) is 34.1 Å². The normalized spacial score (nSPS) is 19.7. The second-order valence-corrected chi connectivity index (χ2v) is 5.04. The van der Waals surface area contributed by atoms with Crippen LogP contribution in [0.2, 0.25) is 0 Å². The summed E-state index contributed by atoms with van der Waals surface area (Å²) in [7, 11) is 0. The summed E-state index contributed by atoms with van der Waals surface area (Å²) in [6.45, 7) is 6.00. The first-order valence-electron chi connectivity index (χ1n) is 5.58. The van der Waals surface area contributed by atoms with Crippen LogP contribution >= 0.6 is 15.9 Å². The fraction of sp³-hybridized carbons (Fsp3) is 0.500. The Kier molecular flexibility index (Phi) is 3.95. The van der Waals surface area contributed by atoms with Crippen LogP contribution in [0, 0.1) is 5.82 Å². The average Bonchev–Trinajstić information content (AvgIpc) is 2.32. The van der Waals surface area contributed by atoms with Crippen LogP contribution in [0.3, 0.4) is 0 Å². The standard InChI is InChI=1S/C12H16BrFN2/c1-9(16-6-4-15-5-7-16)11-8-10(13)2-3-12(11)14/h2-3,8-9,15H,4-7H2,1H3/t9-/m1/s1. The van der Waals surface area contributed by atoms with E-state index < -0.39 is 0 Å². The minimum atomic E-state index is -0.116. The van der Waals surface area contributed by atoms with E-state index in [-0.39, 0.29) is 11.9 Å². The zero-order valence-corrected chi connectivity index (χ0v) is 10.9. The number of benzene rings is 1. The highest BCUT2D eigenvalue weighted by Crippen LogP contribution is 2.26. The van der Waals surface area contributed by atoms with Crippen molar-refractivity contribution in [3.63, 3.8) is 0 Å². The Morgan fingerprint density at radius 2 is 2.06 bits per heavy atom. The molecule has 0 amide bonds. The zero-order valence-electron chi connectivity index (χ0n) is 9.34. The lowest BCUT2D eigenvalue weighted by atomic mass is 10.1. The van der Waals surface area contributed by atoms with Crippen LogP contribution in [0.15, 0.2) is 22.7 Å². The molecule has 0 radical (unpaired) electrons. The molecule has 1 aromatic rings. The summed E-state index contributed by atoms with van der Waals surface area (Å²) in [6.07, 6.45) is 0. The predicted octanol–water partition coefficient (Wildman–Crippen LogP) is 2.55. The van der Waals surface area contributed by atoms with E-state index in [1.54, 1.807) is 6.07 Å². The highest BCUT2D eigenvalue weighted by atomic mass is 79.9. The van der Waals surface area contributed by atoms with E-state index in [0.717, 1.165) is 36.2 Å². The molecule has 88 valence electrons. The number of nitrogens with zero attached hydrogens (tertiary/aromatic N) is 1. The maximum atomic E-state index is 13.7. The van der Waals surface area contributed by atoms with Crippen molar-refractivity contribution in [2.45, 2.75) is 13.0 Å². The van der Waals surface area contributed by atoms with Crippen molar-refractivity contribution in [1.29, 1.82) is 0 Å². The number of rotatable bonds is 2. The molecular formula is C12H16BrFN2. The highest BCUT2D eigenvalue weighted by molar-refractivity contribution is 9.10. The zero-order chi connectivity index (χ0) is 11.5. The van der Waals surface area contributed by atoms with Crippen LogP contribution in [0.1, 0.15) is 18.5 Å². The fourth-order valence-electron chi connectivity index (χ4n) is 2.10. The van der Waals surface area contributed by atoms with Gasteiger partial charge in [-0.2, -0.15) is 0 Å². The van der Waals surface area contributed by atoms with Gasteiger partial charge in [-0.15, -0.1) is 0 Å². The molecule has 1 N–H and O–H groups in total. The fourth-order valence-corrected chi connectivity index (χ4v) is 2.48. The summed E-state index contributed by atoms with van der Waals surface area (Å²) >= 11 is 3.39. The van der Waals surface area contributed by atoms with Gasteiger partial charge in [0.05, 0.1) is 0 Å². The molecule has 1 aromatic carbocycles. The van der Waals surface area contributed by atoms with Crippen molar-refractivity contribution in [1.82, 2.24) is 10.2 Å². The van der Waals surface area contributed by atoms with Crippen LogP contribution in [0.25, 0.3) is 0 Å². The SMILES string of the molecule is C[C@H](c1cc(Br)ccc1F)N1CCNCC1. The quantitative estimate of drug-likeness (QED) is 0.899. The van der Waals surface area contributed by atoms with Gasteiger partial charge >= 0.3 is 0 Å². The molecule has 0 aromatic heterocycles. The van der Waals surface area contributed by atoms with Crippen molar-refractivity contribution < 1.29 is 4.39 Å². The molecule has 0 saturated carbocycles. The monoisotopic (exact) mass is 286 g/mol. The van der Waals surface area contributed by atoms with Gasteiger partial charge in [0, 0.05) is 42.3 Å². The van der Waals surface area contributed by atoms with Crippen LogP contribution in [-0.4, -0.2) is 31.1 Å². The summed E-state index contributed by atoms with van der Waals surface area (Å²) in [4.78, 5) is 2.31. The highest BCUT2D eigenvalue weighted by Gasteiger charge is 2.20. The molecule has 0 unspecified atom stereocenters. The van der Waals surface area contributed by atoms with Gasteiger partial charge in [-0.25, -0.2) is 4.39 Å².